The summed E-state index contributed by atoms with van der Waals surface area (Å²) in [5.74, 6) is -0.770. The third kappa shape index (κ3) is 6.86. The molecule has 0 unspecified atom stereocenters. The van der Waals surface area contributed by atoms with E-state index >= 15 is 0 Å². The molecule has 0 aliphatic carbocycles. The predicted octanol–water partition coefficient (Wildman–Crippen LogP) is 3.34. The predicted molar refractivity (Wildman–Crippen MR) is 67.5 cm³/mol. The number of benzene rings is 1. The summed E-state index contributed by atoms with van der Waals surface area (Å²) in [6.45, 7) is 5.16. The lowest BCUT2D eigenvalue weighted by atomic mass is 10.2. The number of halogens is 3. The van der Waals surface area contributed by atoms with E-state index in [0.29, 0.717) is 5.69 Å². The summed E-state index contributed by atoms with van der Waals surface area (Å²) < 4.78 is 44.7. The van der Waals surface area contributed by atoms with E-state index in [1.54, 1.807) is 20.8 Å². The normalized spacial score (nSPS) is 11.9. The minimum Gasteiger partial charge on any atom is -0.459 e. The van der Waals surface area contributed by atoms with Crippen LogP contribution in [0.3, 0.4) is 0 Å². The molecule has 7 heteroatoms. The number of carbonyl (C=O) groups excluding carboxylic acids is 1. The molecule has 0 radical (unpaired) electrons. The number of nitrogens with one attached hydrogen (secondary N) is 1. The molecule has 0 atom stereocenters. The average Bonchev–Trinajstić information content (AvgIpc) is 2.23. The summed E-state index contributed by atoms with van der Waals surface area (Å²) in [6.07, 6.45) is -4.72. The third-order valence-electron chi connectivity index (χ3n) is 1.94. The lowest BCUT2D eigenvalue weighted by Gasteiger charge is -2.19. The lowest BCUT2D eigenvalue weighted by Crippen LogP contribution is -2.28. The molecule has 0 fully saturated rings. The van der Waals surface area contributed by atoms with Gasteiger partial charge < -0.3 is 14.8 Å². The van der Waals surface area contributed by atoms with Crippen molar-refractivity contribution < 1.29 is 27.4 Å². The summed E-state index contributed by atoms with van der Waals surface area (Å²) in [4.78, 5) is 11.4. The van der Waals surface area contributed by atoms with Gasteiger partial charge in [-0.25, -0.2) is 0 Å². The molecule has 0 spiro atoms. The van der Waals surface area contributed by atoms with Gasteiger partial charge in [-0.05, 0) is 45.0 Å². The number of hydrogen-bond acceptors (Lipinski definition) is 4. The monoisotopic (exact) mass is 291 g/mol. The first-order valence-electron chi connectivity index (χ1n) is 5.87. The summed E-state index contributed by atoms with van der Waals surface area (Å²) in [6, 6.07) is 5.08. The molecule has 0 saturated carbocycles. The van der Waals surface area contributed by atoms with Gasteiger partial charge in [0.25, 0.3) is 0 Å². The molecule has 1 aromatic carbocycles. The number of anilines is 1. The fourth-order valence-electron chi connectivity index (χ4n) is 1.33. The zero-order chi connectivity index (χ0) is 15.4. The maximum Gasteiger partial charge on any atom is 0.573 e. The van der Waals surface area contributed by atoms with Gasteiger partial charge >= 0.3 is 12.3 Å². The van der Waals surface area contributed by atoms with E-state index in [0.717, 1.165) is 12.1 Å². The zero-order valence-corrected chi connectivity index (χ0v) is 11.4. The van der Waals surface area contributed by atoms with Crippen molar-refractivity contribution in [1.82, 2.24) is 0 Å². The maximum atomic E-state index is 12.0. The molecular weight excluding hydrogens is 275 g/mol. The first-order chi connectivity index (χ1) is 9.05. The molecule has 112 valence electrons. The highest BCUT2D eigenvalue weighted by Gasteiger charge is 2.30. The van der Waals surface area contributed by atoms with Crippen LogP contribution in [0, 0.1) is 0 Å². The van der Waals surface area contributed by atoms with Crippen LogP contribution in [0.1, 0.15) is 20.8 Å². The molecular formula is C13H16F3NO3. The molecule has 0 heterocycles. The minimum absolute atomic E-state index is 0.0727. The molecule has 0 bridgehead atoms. The fraction of sp³-hybridized carbons (Fsp3) is 0.462. The van der Waals surface area contributed by atoms with Crippen molar-refractivity contribution in [3.05, 3.63) is 24.3 Å². The second-order valence-corrected chi connectivity index (χ2v) is 5.01. The van der Waals surface area contributed by atoms with Crippen molar-refractivity contribution in [3.8, 4) is 5.75 Å². The maximum absolute atomic E-state index is 12.0. The van der Waals surface area contributed by atoms with Crippen LogP contribution >= 0.6 is 0 Å². The van der Waals surface area contributed by atoms with Crippen molar-refractivity contribution in [3.63, 3.8) is 0 Å². The molecule has 4 nitrogen and oxygen atoms in total. The van der Waals surface area contributed by atoms with Crippen molar-refractivity contribution in [2.24, 2.45) is 0 Å². The summed E-state index contributed by atoms with van der Waals surface area (Å²) in [7, 11) is 0. The number of carbonyl (C=O) groups is 1. The van der Waals surface area contributed by atoms with Crippen LogP contribution in [-0.4, -0.2) is 24.5 Å². The van der Waals surface area contributed by atoms with Crippen LogP contribution in [0.2, 0.25) is 0 Å². The van der Waals surface area contributed by atoms with E-state index in [4.69, 9.17) is 4.74 Å². The molecule has 1 aromatic rings. The molecule has 1 rings (SSSR count). The smallest absolute Gasteiger partial charge is 0.459 e. The van der Waals surface area contributed by atoms with Gasteiger partial charge in [0.15, 0.2) is 0 Å². The van der Waals surface area contributed by atoms with Crippen molar-refractivity contribution in [2.75, 3.05) is 11.9 Å². The Morgan fingerprint density at radius 3 is 2.15 bits per heavy atom. The Morgan fingerprint density at radius 2 is 1.70 bits per heavy atom. The summed E-state index contributed by atoms with van der Waals surface area (Å²) in [5, 5.41) is 2.75. The second-order valence-electron chi connectivity index (χ2n) is 5.01. The van der Waals surface area contributed by atoms with Crippen LogP contribution in [0.25, 0.3) is 0 Å². The Bertz CT molecular complexity index is 449. The molecule has 0 saturated heterocycles. The van der Waals surface area contributed by atoms with Crippen molar-refractivity contribution in [1.29, 1.82) is 0 Å². The largest absolute Gasteiger partial charge is 0.573 e. The highest BCUT2D eigenvalue weighted by Crippen LogP contribution is 2.23. The highest BCUT2D eigenvalue weighted by molar-refractivity contribution is 5.75. The van der Waals surface area contributed by atoms with Crippen molar-refractivity contribution >= 4 is 11.7 Å². The van der Waals surface area contributed by atoms with E-state index in [1.807, 2.05) is 0 Å². The molecule has 0 aromatic heterocycles. The van der Waals surface area contributed by atoms with Gasteiger partial charge in [-0.15, -0.1) is 13.2 Å². The molecule has 0 aliphatic rings. The van der Waals surface area contributed by atoms with Gasteiger partial charge in [0, 0.05) is 5.69 Å². The van der Waals surface area contributed by atoms with Gasteiger partial charge in [-0.3, -0.25) is 4.79 Å². The Labute approximate surface area is 114 Å². The van der Waals surface area contributed by atoms with E-state index in [-0.39, 0.29) is 12.3 Å². The quantitative estimate of drug-likeness (QED) is 0.864. The van der Waals surface area contributed by atoms with Crippen LogP contribution in [0.4, 0.5) is 18.9 Å². The Kier molecular flexibility index (Phi) is 4.86. The summed E-state index contributed by atoms with van der Waals surface area (Å²) in [5.41, 5.74) is -0.0891. The Morgan fingerprint density at radius 1 is 1.15 bits per heavy atom. The molecule has 20 heavy (non-hydrogen) atoms. The third-order valence-corrected chi connectivity index (χ3v) is 1.94. The van der Waals surface area contributed by atoms with E-state index in [1.165, 1.54) is 12.1 Å². The minimum atomic E-state index is -4.72. The highest BCUT2D eigenvalue weighted by atomic mass is 19.4. The van der Waals surface area contributed by atoms with Gasteiger partial charge in [0.1, 0.15) is 17.9 Å². The SMILES string of the molecule is CC(C)(C)OC(=O)CNc1ccc(OC(F)(F)F)cc1. The number of rotatable bonds is 4. The van der Waals surface area contributed by atoms with Gasteiger partial charge in [-0.1, -0.05) is 0 Å². The summed E-state index contributed by atoms with van der Waals surface area (Å²) >= 11 is 0. The molecule has 0 amide bonds. The Hall–Kier alpha value is -1.92. The molecule has 0 aliphatic heterocycles. The second kappa shape index (κ2) is 6.02. The lowest BCUT2D eigenvalue weighted by molar-refractivity contribution is -0.274. The number of ether oxygens (including phenoxy) is 2. The first kappa shape index (κ1) is 16.1. The van der Waals surface area contributed by atoms with Gasteiger partial charge in [0.05, 0.1) is 0 Å². The fourth-order valence-corrected chi connectivity index (χ4v) is 1.33. The average molecular weight is 291 g/mol. The van der Waals surface area contributed by atoms with E-state index in [2.05, 4.69) is 10.1 Å². The Balaban J connectivity index is 2.48. The van der Waals surface area contributed by atoms with E-state index < -0.39 is 17.9 Å². The number of esters is 1. The number of hydrogen-bond donors (Lipinski definition) is 1. The van der Waals surface area contributed by atoms with Gasteiger partial charge in [-0.2, -0.15) is 0 Å². The van der Waals surface area contributed by atoms with Crippen LogP contribution in [-0.2, 0) is 9.53 Å². The van der Waals surface area contributed by atoms with Crippen LogP contribution in [0.15, 0.2) is 24.3 Å². The topological polar surface area (TPSA) is 47.6 Å². The van der Waals surface area contributed by atoms with Gasteiger partial charge in [0.2, 0.25) is 0 Å². The first-order valence-corrected chi connectivity index (χ1v) is 5.87. The van der Waals surface area contributed by atoms with Crippen LogP contribution < -0.4 is 10.1 Å². The molecule has 1 N–H and O–H groups in total. The van der Waals surface area contributed by atoms with E-state index in [9.17, 15) is 18.0 Å². The number of alkyl halides is 3. The van der Waals surface area contributed by atoms with Crippen molar-refractivity contribution in [2.45, 2.75) is 32.7 Å². The van der Waals surface area contributed by atoms with Crippen LogP contribution in [0.5, 0.6) is 5.75 Å². The standard InChI is InChI=1S/C13H16F3NO3/c1-12(2,3)20-11(18)8-17-9-4-6-10(7-5-9)19-13(14,15)16/h4-7,17H,8H2,1-3H3. The zero-order valence-electron chi connectivity index (χ0n) is 11.4.